The lowest BCUT2D eigenvalue weighted by atomic mass is 10.1. The second kappa shape index (κ2) is 8.81. The molecular weight excluding hydrogens is 356 g/mol. The summed E-state index contributed by atoms with van der Waals surface area (Å²) >= 11 is 0. The number of anilines is 1. The molecule has 0 bridgehead atoms. The van der Waals surface area contributed by atoms with Gasteiger partial charge < -0.3 is 15.4 Å². The number of carbonyl (C=O) groups excluding carboxylic acids is 3. The van der Waals surface area contributed by atoms with Crippen LogP contribution in [0.1, 0.15) is 15.9 Å². The topological polar surface area (TPSA) is 84.5 Å². The van der Waals surface area contributed by atoms with Crippen molar-refractivity contribution >= 4 is 34.2 Å². The van der Waals surface area contributed by atoms with Crippen LogP contribution in [-0.2, 0) is 14.3 Å². The normalized spacial score (nSPS) is 10.3. The van der Waals surface area contributed by atoms with E-state index in [9.17, 15) is 14.4 Å². The molecule has 3 aromatic rings. The van der Waals surface area contributed by atoms with Crippen LogP contribution in [0.5, 0.6) is 0 Å². The number of aryl methyl sites for hydroxylation is 1. The fourth-order valence-electron chi connectivity index (χ4n) is 2.70. The van der Waals surface area contributed by atoms with Gasteiger partial charge in [-0.1, -0.05) is 48.0 Å². The van der Waals surface area contributed by atoms with Gasteiger partial charge in [-0.05, 0) is 42.0 Å². The zero-order valence-electron chi connectivity index (χ0n) is 15.4. The van der Waals surface area contributed by atoms with Crippen molar-refractivity contribution in [3.8, 4) is 0 Å². The third kappa shape index (κ3) is 5.17. The lowest BCUT2D eigenvalue weighted by Crippen LogP contribution is -2.32. The van der Waals surface area contributed by atoms with Gasteiger partial charge in [0.15, 0.2) is 6.61 Å². The van der Waals surface area contributed by atoms with Crippen molar-refractivity contribution in [2.45, 2.75) is 6.92 Å². The van der Waals surface area contributed by atoms with E-state index in [4.69, 9.17) is 4.74 Å². The summed E-state index contributed by atoms with van der Waals surface area (Å²) in [5.74, 6) is -1.51. The van der Waals surface area contributed by atoms with Gasteiger partial charge in [0.1, 0.15) is 6.54 Å². The summed E-state index contributed by atoms with van der Waals surface area (Å²) in [5, 5.41) is 7.22. The predicted octanol–water partition coefficient (Wildman–Crippen LogP) is 3.06. The molecule has 3 rings (SSSR count). The Bertz CT molecular complexity index is 1030. The smallest absolute Gasteiger partial charge is 0.325 e. The van der Waals surface area contributed by atoms with Crippen LogP contribution in [0.2, 0.25) is 0 Å². The molecule has 0 aliphatic heterocycles. The average molecular weight is 376 g/mol. The highest BCUT2D eigenvalue weighted by atomic mass is 16.5. The number of ether oxygens (including phenoxy) is 1. The number of benzene rings is 3. The Kier molecular flexibility index (Phi) is 6.01. The zero-order valence-corrected chi connectivity index (χ0v) is 15.4. The highest BCUT2D eigenvalue weighted by Gasteiger charge is 2.11. The fourth-order valence-corrected chi connectivity index (χ4v) is 2.70. The monoisotopic (exact) mass is 376 g/mol. The summed E-state index contributed by atoms with van der Waals surface area (Å²) in [5.41, 5.74) is 2.02. The first-order valence-corrected chi connectivity index (χ1v) is 8.80. The number of carbonyl (C=O) groups is 3. The van der Waals surface area contributed by atoms with Crippen molar-refractivity contribution in [3.05, 3.63) is 77.9 Å². The number of fused-ring (bicyclic) bond motifs is 1. The lowest BCUT2D eigenvalue weighted by molar-refractivity contribution is -0.146. The van der Waals surface area contributed by atoms with E-state index in [1.807, 2.05) is 49.4 Å². The molecule has 0 aromatic heterocycles. The molecule has 6 nitrogen and oxygen atoms in total. The average Bonchev–Trinajstić information content (AvgIpc) is 2.70. The van der Waals surface area contributed by atoms with E-state index >= 15 is 0 Å². The lowest BCUT2D eigenvalue weighted by Gasteiger charge is -2.08. The van der Waals surface area contributed by atoms with E-state index in [-0.39, 0.29) is 12.5 Å². The predicted molar refractivity (Wildman–Crippen MR) is 107 cm³/mol. The van der Waals surface area contributed by atoms with Gasteiger partial charge in [-0.2, -0.15) is 0 Å². The number of esters is 1. The number of hydrogen-bond acceptors (Lipinski definition) is 4. The summed E-state index contributed by atoms with van der Waals surface area (Å²) < 4.78 is 4.91. The molecule has 2 amide bonds. The van der Waals surface area contributed by atoms with Crippen LogP contribution in [-0.4, -0.2) is 30.9 Å². The standard InChI is InChI=1S/C22H20N2O4/c1-15-5-4-8-18(11-15)22(27)23-13-21(26)28-14-20(25)24-19-10-9-16-6-2-3-7-17(16)12-19/h2-12H,13-14H2,1H3,(H,23,27)(H,24,25). The molecule has 0 heterocycles. The van der Waals surface area contributed by atoms with Gasteiger partial charge >= 0.3 is 5.97 Å². The van der Waals surface area contributed by atoms with Crippen molar-refractivity contribution in [1.82, 2.24) is 5.32 Å². The van der Waals surface area contributed by atoms with Crippen LogP contribution in [0.15, 0.2) is 66.7 Å². The molecule has 0 saturated carbocycles. The molecule has 142 valence electrons. The molecule has 0 aliphatic carbocycles. The second-order valence-electron chi connectivity index (χ2n) is 6.32. The van der Waals surface area contributed by atoms with E-state index in [1.54, 1.807) is 24.3 Å². The largest absolute Gasteiger partial charge is 0.454 e. The van der Waals surface area contributed by atoms with E-state index in [1.165, 1.54) is 0 Å². The molecule has 0 aliphatic rings. The van der Waals surface area contributed by atoms with Gasteiger partial charge in [-0.3, -0.25) is 14.4 Å². The summed E-state index contributed by atoms with van der Waals surface area (Å²) in [4.78, 5) is 35.7. The van der Waals surface area contributed by atoms with Crippen LogP contribution in [0.25, 0.3) is 10.8 Å². The first kappa shape index (κ1) is 19.1. The molecule has 0 saturated heterocycles. The maximum atomic E-state index is 12.0. The zero-order chi connectivity index (χ0) is 19.9. The van der Waals surface area contributed by atoms with Crippen LogP contribution in [0.4, 0.5) is 5.69 Å². The molecule has 0 spiro atoms. The van der Waals surface area contributed by atoms with Crippen molar-refractivity contribution in [2.24, 2.45) is 0 Å². The minimum Gasteiger partial charge on any atom is -0.454 e. The number of hydrogen-bond donors (Lipinski definition) is 2. The van der Waals surface area contributed by atoms with Crippen molar-refractivity contribution < 1.29 is 19.1 Å². The Hall–Kier alpha value is -3.67. The molecule has 0 unspecified atom stereocenters. The maximum absolute atomic E-state index is 12.0. The number of rotatable bonds is 6. The van der Waals surface area contributed by atoms with E-state index in [0.29, 0.717) is 11.3 Å². The molecule has 0 radical (unpaired) electrons. The third-order valence-electron chi connectivity index (χ3n) is 4.07. The van der Waals surface area contributed by atoms with Gasteiger partial charge in [0.05, 0.1) is 0 Å². The van der Waals surface area contributed by atoms with Crippen LogP contribution in [0.3, 0.4) is 0 Å². The highest BCUT2D eigenvalue weighted by molar-refractivity contribution is 5.97. The summed E-state index contributed by atoms with van der Waals surface area (Å²) in [6, 6.07) is 20.3. The highest BCUT2D eigenvalue weighted by Crippen LogP contribution is 2.18. The molecule has 0 atom stereocenters. The van der Waals surface area contributed by atoms with Crippen LogP contribution >= 0.6 is 0 Å². The van der Waals surface area contributed by atoms with Crippen molar-refractivity contribution in [3.63, 3.8) is 0 Å². The number of amides is 2. The molecule has 3 aromatic carbocycles. The van der Waals surface area contributed by atoms with Gasteiger partial charge in [0.25, 0.3) is 11.8 Å². The molecule has 0 fully saturated rings. The van der Waals surface area contributed by atoms with Gasteiger partial charge in [-0.25, -0.2) is 0 Å². The Morgan fingerprint density at radius 3 is 2.46 bits per heavy atom. The first-order valence-electron chi connectivity index (χ1n) is 8.80. The van der Waals surface area contributed by atoms with E-state index in [2.05, 4.69) is 10.6 Å². The SMILES string of the molecule is Cc1cccc(C(=O)NCC(=O)OCC(=O)Nc2ccc3ccccc3c2)c1. The Morgan fingerprint density at radius 1 is 0.893 bits per heavy atom. The van der Waals surface area contributed by atoms with E-state index < -0.39 is 18.5 Å². The second-order valence-corrected chi connectivity index (χ2v) is 6.32. The fraction of sp³-hybridized carbons (Fsp3) is 0.136. The quantitative estimate of drug-likeness (QED) is 0.648. The third-order valence-corrected chi connectivity index (χ3v) is 4.07. The Balaban J connectivity index is 1.44. The minimum absolute atomic E-state index is 0.309. The van der Waals surface area contributed by atoms with Crippen LogP contribution in [0, 0.1) is 6.92 Å². The minimum atomic E-state index is -0.685. The summed E-state index contributed by atoms with van der Waals surface area (Å²) in [7, 11) is 0. The molecule has 2 N–H and O–H groups in total. The molecule has 28 heavy (non-hydrogen) atoms. The van der Waals surface area contributed by atoms with Gasteiger partial charge in [0.2, 0.25) is 0 Å². The summed E-state index contributed by atoms with van der Waals surface area (Å²) in [6.07, 6.45) is 0. The summed E-state index contributed by atoms with van der Waals surface area (Å²) in [6.45, 7) is 1.14. The van der Waals surface area contributed by atoms with Crippen molar-refractivity contribution in [2.75, 3.05) is 18.5 Å². The van der Waals surface area contributed by atoms with Crippen molar-refractivity contribution in [1.29, 1.82) is 0 Å². The molecule has 6 heteroatoms. The van der Waals surface area contributed by atoms with Gasteiger partial charge in [0, 0.05) is 11.3 Å². The van der Waals surface area contributed by atoms with E-state index in [0.717, 1.165) is 16.3 Å². The number of nitrogens with one attached hydrogen (secondary N) is 2. The Morgan fingerprint density at radius 2 is 1.68 bits per heavy atom. The maximum Gasteiger partial charge on any atom is 0.325 e. The Labute approximate surface area is 162 Å². The van der Waals surface area contributed by atoms with Gasteiger partial charge in [-0.15, -0.1) is 0 Å². The first-order chi connectivity index (χ1) is 13.5. The molecular formula is C22H20N2O4. The van der Waals surface area contributed by atoms with Crippen LogP contribution < -0.4 is 10.6 Å².